The van der Waals surface area contributed by atoms with Gasteiger partial charge >= 0.3 is 0 Å². The number of hydrogen-bond donors (Lipinski definition) is 2. The molecule has 5 heterocycles. The average Bonchev–Trinajstić information content (AvgIpc) is 3.70. The molecule has 11 heteroatoms. The molecule has 42 heavy (non-hydrogen) atoms. The van der Waals surface area contributed by atoms with Crippen LogP contribution in [0.4, 0.5) is 5.82 Å². The Kier molecular flexibility index (Phi) is 5.76. The van der Waals surface area contributed by atoms with Gasteiger partial charge in [0.05, 0.1) is 28.9 Å². The second kappa shape index (κ2) is 9.64. The lowest BCUT2D eigenvalue weighted by atomic mass is 9.97. The first-order valence-corrected chi connectivity index (χ1v) is 13.2. The van der Waals surface area contributed by atoms with E-state index in [0.717, 1.165) is 11.1 Å². The van der Waals surface area contributed by atoms with Crippen LogP contribution in [-0.4, -0.2) is 34.9 Å². The van der Waals surface area contributed by atoms with E-state index in [0.29, 0.717) is 39.1 Å². The average molecular weight is 557 g/mol. The molecular formula is C31H24N8O3. The number of aromatic nitrogens is 6. The van der Waals surface area contributed by atoms with Gasteiger partial charge in [-0.3, -0.25) is 18.8 Å². The number of amides is 1. The predicted octanol–water partition coefficient (Wildman–Crippen LogP) is 3.13. The summed E-state index contributed by atoms with van der Waals surface area (Å²) >= 11 is 0. The highest BCUT2D eigenvalue weighted by molar-refractivity contribution is 6.04. The minimum absolute atomic E-state index is 0.0596. The molecule has 4 aromatic heterocycles. The van der Waals surface area contributed by atoms with Crippen LogP contribution in [0, 0.1) is 11.8 Å². The number of nitrogens with one attached hydrogen (secondary N) is 1. The van der Waals surface area contributed by atoms with E-state index >= 15 is 0 Å². The standard InChI is InChI=1S/C31H24N8O3/c1-18(35-30(40)26-28(32)36-38-14-6-13-33-29(26)38)27-22-17-42-23-12-11-20(10-9-19-15-34-37(2)16-19)24(25(22)23)31(41)39(27)21-7-4-3-5-8-21/h3-8,11-16,18H,17H2,1-2H3,(H2,32,36)(H,35,40)/t18-/m1/s1. The molecule has 0 fully saturated rings. The van der Waals surface area contributed by atoms with E-state index in [4.69, 9.17) is 10.5 Å². The number of pyridine rings is 1. The number of aryl methyl sites for hydroxylation is 1. The maximum absolute atomic E-state index is 14.4. The third-order valence-corrected chi connectivity index (χ3v) is 7.28. The molecule has 1 amide bonds. The minimum Gasteiger partial charge on any atom is -0.488 e. The zero-order valence-corrected chi connectivity index (χ0v) is 22.7. The van der Waals surface area contributed by atoms with Crippen LogP contribution in [0.1, 0.15) is 45.7 Å². The molecule has 7 rings (SSSR count). The van der Waals surface area contributed by atoms with Crippen LogP contribution in [0.15, 0.2) is 78.1 Å². The van der Waals surface area contributed by atoms with Gasteiger partial charge in [0, 0.05) is 47.8 Å². The quantitative estimate of drug-likeness (QED) is 0.319. The number of hydrogen-bond acceptors (Lipinski definition) is 7. The van der Waals surface area contributed by atoms with Crippen molar-refractivity contribution >= 4 is 28.1 Å². The van der Waals surface area contributed by atoms with E-state index in [9.17, 15) is 9.59 Å². The van der Waals surface area contributed by atoms with Crippen molar-refractivity contribution in [3.8, 4) is 23.3 Å². The van der Waals surface area contributed by atoms with Gasteiger partial charge in [0.1, 0.15) is 17.9 Å². The molecule has 1 atom stereocenters. The highest BCUT2D eigenvalue weighted by Gasteiger charge is 2.31. The normalized spacial score (nSPS) is 12.6. The largest absolute Gasteiger partial charge is 0.488 e. The lowest BCUT2D eigenvalue weighted by molar-refractivity contribution is 0.0940. The molecule has 206 valence electrons. The fourth-order valence-corrected chi connectivity index (χ4v) is 5.48. The summed E-state index contributed by atoms with van der Waals surface area (Å²) in [7, 11) is 1.82. The number of nitrogens with two attached hydrogens (primary N) is 1. The molecule has 1 aliphatic rings. The Labute approximate surface area is 239 Å². The number of carbonyl (C=O) groups excluding carboxylic acids is 1. The van der Waals surface area contributed by atoms with Crippen molar-refractivity contribution in [1.82, 2.24) is 34.3 Å². The highest BCUT2D eigenvalue weighted by Crippen LogP contribution is 2.39. The summed E-state index contributed by atoms with van der Waals surface area (Å²) in [5.74, 6) is 6.48. The Morgan fingerprint density at radius 2 is 1.95 bits per heavy atom. The first-order valence-electron chi connectivity index (χ1n) is 13.2. The molecule has 0 radical (unpaired) electrons. The van der Waals surface area contributed by atoms with Crippen molar-refractivity contribution < 1.29 is 9.53 Å². The van der Waals surface area contributed by atoms with Gasteiger partial charge < -0.3 is 15.8 Å². The lowest BCUT2D eigenvalue weighted by Gasteiger charge is -2.23. The van der Waals surface area contributed by atoms with E-state index in [1.807, 2.05) is 56.6 Å². The Balaban J connectivity index is 1.42. The summed E-state index contributed by atoms with van der Waals surface area (Å²) in [5.41, 5.74) is 9.71. The number of nitrogen functional groups attached to an aromatic ring is 1. The van der Waals surface area contributed by atoms with Crippen molar-refractivity contribution in [2.24, 2.45) is 7.05 Å². The molecule has 0 saturated carbocycles. The second-order valence-corrected chi connectivity index (χ2v) is 9.99. The van der Waals surface area contributed by atoms with Gasteiger partial charge in [-0.25, -0.2) is 9.50 Å². The van der Waals surface area contributed by atoms with Gasteiger partial charge in [0.25, 0.3) is 11.5 Å². The van der Waals surface area contributed by atoms with E-state index in [2.05, 4.69) is 32.3 Å². The minimum atomic E-state index is -0.623. The van der Waals surface area contributed by atoms with Crippen molar-refractivity contribution in [2.45, 2.75) is 19.6 Å². The van der Waals surface area contributed by atoms with Crippen molar-refractivity contribution in [2.75, 3.05) is 5.73 Å². The second-order valence-electron chi connectivity index (χ2n) is 9.99. The SMILES string of the molecule is C[C@@H](NC(=O)c1c(N)nn2cccnc12)c1c2c3c(ccc(C#Cc4cnn(C)c4)c3c(=O)n1-c1ccccc1)OC2. The summed E-state index contributed by atoms with van der Waals surface area (Å²) in [6.07, 6.45) is 6.73. The van der Waals surface area contributed by atoms with E-state index < -0.39 is 11.9 Å². The van der Waals surface area contributed by atoms with Gasteiger partial charge in [-0.05, 0) is 37.3 Å². The van der Waals surface area contributed by atoms with E-state index in [1.54, 1.807) is 40.0 Å². The predicted molar refractivity (Wildman–Crippen MR) is 156 cm³/mol. The van der Waals surface area contributed by atoms with Crippen LogP contribution in [0.2, 0.25) is 0 Å². The molecule has 0 spiro atoms. The summed E-state index contributed by atoms with van der Waals surface area (Å²) in [4.78, 5) is 32.3. The molecule has 0 aliphatic carbocycles. The van der Waals surface area contributed by atoms with Crippen LogP contribution >= 0.6 is 0 Å². The molecule has 11 nitrogen and oxygen atoms in total. The summed E-state index contributed by atoms with van der Waals surface area (Å²) in [6.45, 7) is 2.06. The van der Waals surface area contributed by atoms with Crippen molar-refractivity contribution in [3.63, 3.8) is 0 Å². The zero-order valence-electron chi connectivity index (χ0n) is 22.7. The van der Waals surface area contributed by atoms with Crippen LogP contribution in [0.5, 0.6) is 5.75 Å². The Bertz CT molecular complexity index is 2170. The number of fused-ring (bicyclic) bond motifs is 1. The fraction of sp³-hybridized carbons (Fsp3) is 0.129. The highest BCUT2D eigenvalue weighted by atomic mass is 16.5. The molecular weight excluding hydrogens is 532 g/mol. The third kappa shape index (κ3) is 3.97. The summed E-state index contributed by atoms with van der Waals surface area (Å²) in [5, 5.41) is 12.6. The Morgan fingerprint density at radius 1 is 1.12 bits per heavy atom. The molecule has 0 saturated heterocycles. The maximum atomic E-state index is 14.4. The summed E-state index contributed by atoms with van der Waals surface area (Å²) < 4.78 is 10.8. The number of carbonyl (C=O) groups is 1. The smallest absolute Gasteiger partial charge is 0.264 e. The van der Waals surface area contributed by atoms with Crippen LogP contribution < -0.4 is 21.3 Å². The number of benzene rings is 2. The molecule has 0 bridgehead atoms. The number of nitrogens with zero attached hydrogens (tertiary/aromatic N) is 6. The molecule has 3 N–H and O–H groups in total. The van der Waals surface area contributed by atoms with E-state index in [-0.39, 0.29) is 23.5 Å². The maximum Gasteiger partial charge on any atom is 0.264 e. The Hall–Kier alpha value is -5.89. The number of rotatable bonds is 4. The van der Waals surface area contributed by atoms with Gasteiger partial charge in [-0.2, -0.15) is 5.10 Å². The summed E-state index contributed by atoms with van der Waals surface area (Å²) in [6, 6.07) is 14.0. The monoisotopic (exact) mass is 556 g/mol. The van der Waals surface area contributed by atoms with Crippen LogP contribution in [-0.2, 0) is 13.7 Å². The van der Waals surface area contributed by atoms with Crippen LogP contribution in [0.3, 0.4) is 0 Å². The first kappa shape index (κ1) is 25.1. The number of anilines is 1. The fourth-order valence-electron chi connectivity index (χ4n) is 5.48. The first-order chi connectivity index (χ1) is 20.4. The molecule has 1 aliphatic heterocycles. The van der Waals surface area contributed by atoms with Gasteiger partial charge in [0.15, 0.2) is 11.5 Å². The topological polar surface area (TPSA) is 134 Å². The lowest BCUT2D eigenvalue weighted by Crippen LogP contribution is -2.33. The Morgan fingerprint density at radius 3 is 2.74 bits per heavy atom. The third-order valence-electron chi connectivity index (χ3n) is 7.28. The number of para-hydroxylation sites is 1. The van der Waals surface area contributed by atoms with Crippen molar-refractivity contribution in [3.05, 3.63) is 112 Å². The van der Waals surface area contributed by atoms with Crippen molar-refractivity contribution in [1.29, 1.82) is 0 Å². The number of ether oxygens (including phenoxy) is 1. The van der Waals surface area contributed by atoms with Gasteiger partial charge in [-0.1, -0.05) is 30.0 Å². The van der Waals surface area contributed by atoms with Gasteiger partial charge in [-0.15, -0.1) is 5.10 Å². The molecule has 2 aromatic carbocycles. The molecule has 6 aromatic rings. The zero-order chi connectivity index (χ0) is 29.0. The van der Waals surface area contributed by atoms with Gasteiger partial charge in [0.2, 0.25) is 0 Å². The van der Waals surface area contributed by atoms with Crippen LogP contribution in [0.25, 0.3) is 22.1 Å². The molecule has 0 unspecified atom stereocenters. The van der Waals surface area contributed by atoms with E-state index in [1.165, 1.54) is 4.52 Å².